The second-order valence-corrected chi connectivity index (χ2v) is 6.74. The number of hydrogen-bond acceptors (Lipinski definition) is 6. The van der Waals surface area contributed by atoms with Crippen LogP contribution in [0.4, 0.5) is 0 Å². The predicted molar refractivity (Wildman–Crippen MR) is 94.9 cm³/mol. The molecular formula is C18H24ClN3O3. The number of methoxy groups -OCH3 is 1. The van der Waals surface area contributed by atoms with Gasteiger partial charge in [0.2, 0.25) is 5.89 Å². The van der Waals surface area contributed by atoms with Crippen molar-refractivity contribution in [1.82, 2.24) is 15.5 Å². The van der Waals surface area contributed by atoms with E-state index in [4.69, 9.17) is 14.0 Å². The molecule has 0 unspecified atom stereocenters. The van der Waals surface area contributed by atoms with Gasteiger partial charge in [0.25, 0.3) is 0 Å². The summed E-state index contributed by atoms with van der Waals surface area (Å²) in [4.78, 5) is 4.62. The van der Waals surface area contributed by atoms with Crippen LogP contribution in [0.1, 0.15) is 36.5 Å². The summed E-state index contributed by atoms with van der Waals surface area (Å²) in [6, 6.07) is 7.85. The van der Waals surface area contributed by atoms with Gasteiger partial charge in [-0.1, -0.05) is 23.7 Å². The van der Waals surface area contributed by atoms with E-state index in [9.17, 15) is 0 Å². The van der Waals surface area contributed by atoms with Gasteiger partial charge >= 0.3 is 0 Å². The Bertz CT molecular complexity index is 696. The largest absolute Gasteiger partial charge is 0.497 e. The van der Waals surface area contributed by atoms with E-state index in [0.29, 0.717) is 25.0 Å². The second kappa shape index (κ2) is 7.72. The van der Waals surface area contributed by atoms with E-state index in [1.165, 1.54) is 12.8 Å². The van der Waals surface area contributed by atoms with Crippen LogP contribution < -0.4 is 10.1 Å². The topological polar surface area (TPSA) is 69.4 Å². The fraction of sp³-hybridized carbons (Fsp3) is 0.556. The molecule has 0 radical (unpaired) electrons. The standard InChI is InChI=1S/C18H23N3O3.ClH/c1-22-15-6-2-4-13(8-15)10-23-11-16-20-17(24-21-16)18-7-3-5-14(18)9-19-12-18;/h2,4,6,8,14,19H,3,5,7,9-12H2,1H3;1H/t14-,18-;/m1./s1. The molecule has 1 saturated heterocycles. The van der Waals surface area contributed by atoms with Crippen molar-refractivity contribution in [2.24, 2.45) is 5.92 Å². The highest BCUT2D eigenvalue weighted by atomic mass is 35.5. The average molecular weight is 366 g/mol. The highest BCUT2D eigenvalue weighted by Crippen LogP contribution is 2.47. The summed E-state index contributed by atoms with van der Waals surface area (Å²) in [6.45, 7) is 2.86. The van der Waals surface area contributed by atoms with E-state index in [-0.39, 0.29) is 17.8 Å². The summed E-state index contributed by atoms with van der Waals surface area (Å²) >= 11 is 0. The van der Waals surface area contributed by atoms with E-state index >= 15 is 0 Å². The minimum absolute atomic E-state index is 0. The van der Waals surface area contributed by atoms with Gasteiger partial charge in [0.15, 0.2) is 5.82 Å². The van der Waals surface area contributed by atoms with Gasteiger partial charge in [-0.3, -0.25) is 0 Å². The third-order valence-electron chi connectivity index (χ3n) is 5.32. The van der Waals surface area contributed by atoms with Gasteiger partial charge in [-0.25, -0.2) is 0 Å². The first-order valence-electron chi connectivity index (χ1n) is 8.55. The van der Waals surface area contributed by atoms with Crippen LogP contribution in [0.5, 0.6) is 5.75 Å². The fourth-order valence-corrected chi connectivity index (χ4v) is 4.04. The number of halogens is 1. The number of nitrogens with zero attached hydrogens (tertiary/aromatic N) is 2. The second-order valence-electron chi connectivity index (χ2n) is 6.74. The minimum atomic E-state index is 0. The van der Waals surface area contributed by atoms with Crippen LogP contribution in [0.25, 0.3) is 0 Å². The van der Waals surface area contributed by atoms with Crippen LogP contribution in [-0.2, 0) is 23.4 Å². The number of rotatable bonds is 6. The van der Waals surface area contributed by atoms with Crippen LogP contribution in [0.2, 0.25) is 0 Å². The molecule has 1 aromatic carbocycles. The molecule has 7 heteroatoms. The summed E-state index contributed by atoms with van der Waals surface area (Å²) in [5, 5.41) is 7.59. The fourth-order valence-electron chi connectivity index (χ4n) is 4.04. The van der Waals surface area contributed by atoms with Gasteiger partial charge in [0.05, 0.1) is 19.1 Å². The Morgan fingerprint density at radius 2 is 2.28 bits per heavy atom. The molecule has 4 rings (SSSR count). The normalized spacial score (nSPS) is 24.8. The first-order chi connectivity index (χ1) is 11.8. The summed E-state index contributed by atoms with van der Waals surface area (Å²) in [6.07, 6.45) is 3.63. The van der Waals surface area contributed by atoms with E-state index < -0.39 is 0 Å². The van der Waals surface area contributed by atoms with Crippen molar-refractivity contribution < 1.29 is 14.0 Å². The molecule has 0 amide bonds. The van der Waals surface area contributed by atoms with Crippen LogP contribution in [0, 0.1) is 5.92 Å². The zero-order valence-corrected chi connectivity index (χ0v) is 15.2. The number of benzene rings is 1. The van der Waals surface area contributed by atoms with Crippen molar-refractivity contribution in [3.8, 4) is 5.75 Å². The molecule has 6 nitrogen and oxygen atoms in total. The lowest BCUT2D eigenvalue weighted by Crippen LogP contribution is -2.31. The number of fused-ring (bicyclic) bond motifs is 1. The van der Waals surface area contributed by atoms with Crippen molar-refractivity contribution >= 4 is 12.4 Å². The molecule has 2 aliphatic rings. The zero-order valence-electron chi connectivity index (χ0n) is 14.4. The van der Waals surface area contributed by atoms with Crippen molar-refractivity contribution in [2.75, 3.05) is 20.2 Å². The van der Waals surface area contributed by atoms with E-state index in [0.717, 1.165) is 36.7 Å². The third-order valence-corrected chi connectivity index (χ3v) is 5.32. The molecule has 2 fully saturated rings. The number of ether oxygens (including phenoxy) is 2. The molecule has 1 aromatic heterocycles. The number of nitrogens with one attached hydrogen (secondary N) is 1. The summed E-state index contributed by atoms with van der Waals surface area (Å²) in [7, 11) is 1.66. The maximum Gasteiger partial charge on any atom is 0.234 e. The van der Waals surface area contributed by atoms with Gasteiger partial charge in [0.1, 0.15) is 12.4 Å². The van der Waals surface area contributed by atoms with Crippen molar-refractivity contribution in [2.45, 2.75) is 37.9 Å². The Morgan fingerprint density at radius 3 is 3.16 bits per heavy atom. The summed E-state index contributed by atoms with van der Waals surface area (Å²) in [5.41, 5.74) is 1.12. The lowest BCUT2D eigenvalue weighted by molar-refractivity contribution is 0.0998. The molecule has 25 heavy (non-hydrogen) atoms. The smallest absolute Gasteiger partial charge is 0.234 e. The van der Waals surface area contributed by atoms with E-state index in [2.05, 4.69) is 15.5 Å². The van der Waals surface area contributed by atoms with Crippen LogP contribution in [0.15, 0.2) is 28.8 Å². The van der Waals surface area contributed by atoms with Gasteiger partial charge in [0, 0.05) is 6.54 Å². The van der Waals surface area contributed by atoms with Gasteiger partial charge in [-0.15, -0.1) is 12.4 Å². The van der Waals surface area contributed by atoms with Gasteiger partial charge in [-0.2, -0.15) is 4.98 Å². The van der Waals surface area contributed by atoms with Gasteiger partial charge < -0.3 is 19.3 Å². The highest BCUT2D eigenvalue weighted by Gasteiger charge is 2.51. The number of hydrogen-bond donors (Lipinski definition) is 1. The summed E-state index contributed by atoms with van der Waals surface area (Å²) < 4.78 is 16.5. The zero-order chi connectivity index (χ0) is 16.4. The Labute approximate surface area is 153 Å². The maximum absolute atomic E-state index is 5.73. The highest BCUT2D eigenvalue weighted by molar-refractivity contribution is 5.85. The molecule has 1 aliphatic carbocycles. The molecule has 2 atom stereocenters. The lowest BCUT2D eigenvalue weighted by atomic mass is 9.80. The molecule has 136 valence electrons. The van der Waals surface area contributed by atoms with Crippen molar-refractivity contribution in [3.63, 3.8) is 0 Å². The van der Waals surface area contributed by atoms with Crippen LogP contribution in [-0.4, -0.2) is 30.3 Å². The maximum atomic E-state index is 5.73. The molecule has 1 saturated carbocycles. The Morgan fingerprint density at radius 1 is 1.36 bits per heavy atom. The molecule has 0 bridgehead atoms. The minimum Gasteiger partial charge on any atom is -0.497 e. The van der Waals surface area contributed by atoms with Crippen molar-refractivity contribution in [3.05, 3.63) is 41.5 Å². The van der Waals surface area contributed by atoms with Gasteiger partial charge in [-0.05, 0) is 43.0 Å². The average Bonchev–Trinajstić information content (AvgIpc) is 3.30. The predicted octanol–water partition coefficient (Wildman–Crippen LogP) is 2.86. The van der Waals surface area contributed by atoms with Crippen LogP contribution >= 0.6 is 12.4 Å². The van der Waals surface area contributed by atoms with Crippen LogP contribution in [0.3, 0.4) is 0 Å². The summed E-state index contributed by atoms with van der Waals surface area (Å²) in [5.74, 6) is 2.87. The number of aromatic nitrogens is 2. The Hall–Kier alpha value is -1.63. The lowest BCUT2D eigenvalue weighted by Gasteiger charge is -2.22. The molecular weight excluding hydrogens is 342 g/mol. The SMILES string of the molecule is COc1cccc(COCc2noc([C@@]34CCC[C@@H]3CNC4)n2)c1.Cl. The van der Waals surface area contributed by atoms with E-state index in [1.807, 2.05) is 24.3 Å². The Kier molecular flexibility index (Phi) is 5.61. The monoisotopic (exact) mass is 365 g/mol. The molecule has 2 heterocycles. The molecule has 2 aromatic rings. The first-order valence-corrected chi connectivity index (χ1v) is 8.55. The molecule has 1 aliphatic heterocycles. The molecule has 1 N–H and O–H groups in total. The van der Waals surface area contributed by atoms with Crippen molar-refractivity contribution in [1.29, 1.82) is 0 Å². The third kappa shape index (κ3) is 3.52. The van der Waals surface area contributed by atoms with E-state index in [1.54, 1.807) is 7.11 Å². The molecule has 0 spiro atoms. The Balaban J connectivity index is 0.00000182. The first kappa shape index (κ1) is 18.2. The quantitative estimate of drug-likeness (QED) is 0.848.